The van der Waals surface area contributed by atoms with Gasteiger partial charge in [-0.3, -0.25) is 14.4 Å². The summed E-state index contributed by atoms with van der Waals surface area (Å²) < 4.78 is 0. The van der Waals surface area contributed by atoms with Crippen LogP contribution in [0.1, 0.15) is 12.1 Å². The Labute approximate surface area is 131 Å². The summed E-state index contributed by atoms with van der Waals surface area (Å²) in [5, 5.41) is 10.9. The number of aromatic nitrogens is 2. The number of nitrogens with one attached hydrogen (secondary N) is 2. The molecule has 1 amide bonds. The molecule has 0 saturated carbocycles. The summed E-state index contributed by atoms with van der Waals surface area (Å²) in [6, 6.07) is -1.94. The number of H-pyrrole nitrogens is 1. The number of amides is 1. The van der Waals surface area contributed by atoms with Crippen molar-refractivity contribution < 1.29 is 19.5 Å². The number of carboxylic acids is 1. The Balaban J connectivity index is 2.64. The molecular weight excluding hydrogens is 310 g/mol. The molecule has 1 unspecified atom stereocenters. The number of rotatable bonds is 9. The van der Waals surface area contributed by atoms with E-state index in [1.807, 2.05) is 0 Å². The monoisotopic (exact) mass is 329 g/mol. The van der Waals surface area contributed by atoms with Crippen LogP contribution < -0.4 is 16.8 Å². The highest BCUT2D eigenvalue weighted by molar-refractivity contribution is 8.13. The Bertz CT molecular complexity index is 508. The molecule has 0 aliphatic heterocycles. The number of hydrogen-bond donors (Lipinski definition) is 5. The van der Waals surface area contributed by atoms with Crippen LogP contribution in [0.3, 0.4) is 0 Å². The molecule has 2 atom stereocenters. The number of imidazole rings is 1. The van der Waals surface area contributed by atoms with Gasteiger partial charge in [-0.25, -0.2) is 4.98 Å². The summed E-state index contributed by atoms with van der Waals surface area (Å²) in [7, 11) is 0. The maximum atomic E-state index is 12.2. The molecule has 0 saturated heterocycles. The van der Waals surface area contributed by atoms with Gasteiger partial charge in [-0.2, -0.15) is 0 Å². The SMILES string of the molecule is NCCC(=O)N[C@@H](Cc1cnc[nH]1)C(=O)SCC(N)C(=O)O. The maximum absolute atomic E-state index is 12.2. The topological polar surface area (TPSA) is 164 Å². The minimum absolute atomic E-state index is 0.0690. The summed E-state index contributed by atoms with van der Waals surface area (Å²) in [4.78, 5) is 41.1. The summed E-state index contributed by atoms with van der Waals surface area (Å²) in [6.07, 6.45) is 3.34. The number of carbonyl (C=O) groups excluding carboxylic acids is 2. The fourth-order valence-electron chi connectivity index (χ4n) is 1.55. The number of carboxylic acid groups (broad SMARTS) is 1. The summed E-state index contributed by atoms with van der Waals surface area (Å²) in [6.45, 7) is 0.174. The highest BCUT2D eigenvalue weighted by atomic mass is 32.2. The van der Waals surface area contributed by atoms with Crippen molar-refractivity contribution in [3.05, 3.63) is 18.2 Å². The first-order valence-electron chi connectivity index (χ1n) is 6.55. The van der Waals surface area contributed by atoms with Crippen LogP contribution in [-0.2, 0) is 20.8 Å². The first kappa shape index (κ1) is 18.1. The van der Waals surface area contributed by atoms with Crippen molar-refractivity contribution in [2.45, 2.75) is 24.9 Å². The van der Waals surface area contributed by atoms with Gasteiger partial charge in [-0.05, 0) is 0 Å². The van der Waals surface area contributed by atoms with Gasteiger partial charge in [0.1, 0.15) is 12.1 Å². The molecule has 1 heterocycles. The van der Waals surface area contributed by atoms with Crippen LogP contribution in [-0.4, -0.2) is 56.4 Å². The van der Waals surface area contributed by atoms with Gasteiger partial charge in [0.05, 0.1) is 6.33 Å². The molecule has 0 fully saturated rings. The van der Waals surface area contributed by atoms with E-state index in [0.29, 0.717) is 5.69 Å². The van der Waals surface area contributed by atoms with Crippen LogP contribution in [0.5, 0.6) is 0 Å². The Morgan fingerprint density at radius 3 is 2.73 bits per heavy atom. The van der Waals surface area contributed by atoms with Gasteiger partial charge < -0.3 is 26.9 Å². The first-order chi connectivity index (χ1) is 10.4. The van der Waals surface area contributed by atoms with Crippen molar-refractivity contribution in [3.8, 4) is 0 Å². The van der Waals surface area contributed by atoms with E-state index in [2.05, 4.69) is 15.3 Å². The molecule has 0 radical (unpaired) electrons. The summed E-state index contributed by atoms with van der Waals surface area (Å²) in [5.74, 6) is -1.60. The van der Waals surface area contributed by atoms with E-state index in [1.54, 1.807) is 6.20 Å². The second-order valence-corrected chi connectivity index (χ2v) is 5.54. The van der Waals surface area contributed by atoms with Gasteiger partial charge in [0.15, 0.2) is 0 Å². The third-order valence-electron chi connectivity index (χ3n) is 2.69. The lowest BCUT2D eigenvalue weighted by Crippen LogP contribution is -2.43. The highest BCUT2D eigenvalue weighted by Gasteiger charge is 2.24. The van der Waals surface area contributed by atoms with Crippen molar-refractivity contribution in [3.63, 3.8) is 0 Å². The molecule has 9 nitrogen and oxygen atoms in total. The zero-order valence-electron chi connectivity index (χ0n) is 11.8. The number of nitrogens with zero attached hydrogens (tertiary/aromatic N) is 1. The second kappa shape index (κ2) is 9.18. The second-order valence-electron chi connectivity index (χ2n) is 4.51. The largest absolute Gasteiger partial charge is 0.480 e. The Morgan fingerprint density at radius 2 is 2.18 bits per heavy atom. The normalized spacial score (nSPS) is 13.4. The fraction of sp³-hybridized carbons (Fsp3) is 0.500. The van der Waals surface area contributed by atoms with Gasteiger partial charge in [-0.15, -0.1) is 0 Å². The number of carbonyl (C=O) groups is 3. The number of aromatic amines is 1. The van der Waals surface area contributed by atoms with Crippen LogP contribution in [0.2, 0.25) is 0 Å². The summed E-state index contributed by atoms with van der Waals surface area (Å²) in [5.41, 5.74) is 11.3. The van der Waals surface area contributed by atoms with Crippen molar-refractivity contribution in [1.29, 1.82) is 0 Å². The quantitative estimate of drug-likeness (QED) is 0.363. The van der Waals surface area contributed by atoms with Crippen LogP contribution >= 0.6 is 11.8 Å². The Hall–Kier alpha value is -1.91. The lowest BCUT2D eigenvalue weighted by Gasteiger charge is -2.17. The zero-order valence-corrected chi connectivity index (χ0v) is 12.6. The number of aliphatic carboxylic acids is 1. The van der Waals surface area contributed by atoms with E-state index in [9.17, 15) is 14.4 Å². The number of hydrogen-bond acceptors (Lipinski definition) is 7. The van der Waals surface area contributed by atoms with E-state index in [-0.39, 0.29) is 36.2 Å². The minimum Gasteiger partial charge on any atom is -0.480 e. The maximum Gasteiger partial charge on any atom is 0.321 e. The van der Waals surface area contributed by atoms with E-state index in [0.717, 1.165) is 11.8 Å². The van der Waals surface area contributed by atoms with E-state index in [1.165, 1.54) is 6.33 Å². The average molecular weight is 329 g/mol. The third kappa shape index (κ3) is 6.24. The van der Waals surface area contributed by atoms with E-state index < -0.39 is 18.1 Å². The molecule has 22 heavy (non-hydrogen) atoms. The van der Waals surface area contributed by atoms with Crippen molar-refractivity contribution >= 4 is 28.8 Å². The average Bonchev–Trinajstić information content (AvgIpc) is 2.96. The van der Waals surface area contributed by atoms with Crippen molar-refractivity contribution in [2.24, 2.45) is 11.5 Å². The molecule has 1 aromatic heterocycles. The first-order valence-corrected chi connectivity index (χ1v) is 7.54. The van der Waals surface area contributed by atoms with Crippen molar-refractivity contribution in [1.82, 2.24) is 15.3 Å². The third-order valence-corrected chi connectivity index (χ3v) is 3.79. The molecule has 122 valence electrons. The van der Waals surface area contributed by atoms with Crippen LogP contribution in [0, 0.1) is 0 Å². The molecule has 0 spiro atoms. The van der Waals surface area contributed by atoms with Crippen LogP contribution in [0.15, 0.2) is 12.5 Å². The summed E-state index contributed by atoms with van der Waals surface area (Å²) >= 11 is 0.778. The van der Waals surface area contributed by atoms with Gasteiger partial charge in [0, 0.05) is 37.0 Å². The lowest BCUT2D eigenvalue weighted by atomic mass is 10.2. The van der Waals surface area contributed by atoms with Gasteiger partial charge in [0.25, 0.3) is 0 Å². The molecular formula is C12H19N5O4S. The molecule has 0 aliphatic rings. The Morgan fingerprint density at radius 1 is 1.45 bits per heavy atom. The highest BCUT2D eigenvalue weighted by Crippen LogP contribution is 2.11. The molecule has 0 aromatic carbocycles. The van der Waals surface area contributed by atoms with Gasteiger partial charge >= 0.3 is 5.97 Å². The van der Waals surface area contributed by atoms with E-state index in [4.69, 9.17) is 16.6 Å². The zero-order chi connectivity index (χ0) is 16.5. The molecule has 10 heteroatoms. The minimum atomic E-state index is -1.18. The Kier molecular flexibility index (Phi) is 7.57. The predicted octanol–water partition coefficient (Wildman–Crippen LogP) is -1.54. The molecule has 1 rings (SSSR count). The smallest absolute Gasteiger partial charge is 0.321 e. The standard InChI is InChI=1S/C12H19N5O4S/c13-2-1-10(18)17-9(3-7-4-15-6-16-7)12(21)22-5-8(14)11(19)20/h4,6,8-9H,1-3,5,13-14H2,(H,15,16)(H,17,18)(H,19,20)/t8?,9-/m0/s1. The molecule has 7 N–H and O–H groups in total. The lowest BCUT2D eigenvalue weighted by molar-refractivity contribution is -0.137. The molecule has 1 aromatic rings. The number of nitrogens with two attached hydrogens (primary N) is 2. The molecule has 0 aliphatic carbocycles. The van der Waals surface area contributed by atoms with Gasteiger partial charge in [0.2, 0.25) is 11.0 Å². The number of thioether (sulfide) groups is 1. The van der Waals surface area contributed by atoms with Crippen molar-refractivity contribution in [2.75, 3.05) is 12.3 Å². The molecule has 0 bridgehead atoms. The predicted molar refractivity (Wildman–Crippen MR) is 81.0 cm³/mol. The van der Waals surface area contributed by atoms with Crippen LogP contribution in [0.4, 0.5) is 0 Å². The van der Waals surface area contributed by atoms with Crippen LogP contribution in [0.25, 0.3) is 0 Å². The van der Waals surface area contributed by atoms with E-state index >= 15 is 0 Å². The van der Waals surface area contributed by atoms with Gasteiger partial charge in [-0.1, -0.05) is 11.8 Å². The fourth-order valence-corrected chi connectivity index (χ4v) is 2.38.